The number of fused-ring (bicyclic) bond motifs is 1. The molecule has 0 atom stereocenters. The molecule has 10 heteroatoms. The molecule has 31 heavy (non-hydrogen) atoms. The van der Waals surface area contributed by atoms with Gasteiger partial charge in [0, 0.05) is 51.6 Å². The Morgan fingerprint density at radius 1 is 1.10 bits per heavy atom. The Labute approximate surface area is 177 Å². The maximum Gasteiger partial charge on any atom is 0.238 e. The molecule has 0 aliphatic carbocycles. The van der Waals surface area contributed by atoms with E-state index in [0.29, 0.717) is 28.5 Å². The number of halogens is 1. The number of rotatable bonds is 5. The Kier molecular flexibility index (Phi) is 5.04. The van der Waals surface area contributed by atoms with Crippen LogP contribution in [0.3, 0.4) is 0 Å². The van der Waals surface area contributed by atoms with Crippen molar-refractivity contribution >= 4 is 28.4 Å². The highest BCUT2D eigenvalue weighted by Crippen LogP contribution is 2.29. The lowest BCUT2D eigenvalue weighted by molar-refractivity contribution is 0.450. The number of anilines is 3. The highest BCUT2D eigenvalue weighted by atomic mass is 19.1. The second-order valence-electron chi connectivity index (χ2n) is 7.19. The molecule has 4 heterocycles. The number of nitrogens with zero attached hydrogens (tertiary/aromatic N) is 6. The van der Waals surface area contributed by atoms with Gasteiger partial charge < -0.3 is 20.3 Å². The second kappa shape index (κ2) is 8.15. The molecule has 4 aromatic rings. The van der Waals surface area contributed by atoms with Gasteiger partial charge in [0.25, 0.3) is 0 Å². The summed E-state index contributed by atoms with van der Waals surface area (Å²) in [7, 11) is 1.79. The fraction of sp³-hybridized carbons (Fsp3) is 0.238. The molecule has 0 unspecified atom stereocenters. The highest BCUT2D eigenvalue weighted by Gasteiger charge is 2.15. The van der Waals surface area contributed by atoms with E-state index in [-0.39, 0.29) is 5.69 Å². The molecular formula is C21H21FN8O. The van der Waals surface area contributed by atoms with Crippen LogP contribution in [0.1, 0.15) is 0 Å². The molecule has 1 aliphatic heterocycles. The van der Waals surface area contributed by atoms with Gasteiger partial charge in [0.05, 0.1) is 11.2 Å². The van der Waals surface area contributed by atoms with E-state index in [0.717, 1.165) is 32.0 Å². The third kappa shape index (κ3) is 4.10. The number of ether oxygens (including phenoxy) is 1. The molecule has 0 radical (unpaired) electrons. The van der Waals surface area contributed by atoms with Crippen molar-refractivity contribution in [2.75, 3.05) is 36.4 Å². The average molecular weight is 420 g/mol. The molecular weight excluding hydrogens is 399 g/mol. The number of nitrogens with one attached hydrogen (secondary N) is 2. The molecule has 158 valence electrons. The molecule has 9 nitrogen and oxygen atoms in total. The summed E-state index contributed by atoms with van der Waals surface area (Å²) in [6.45, 7) is 3.57. The van der Waals surface area contributed by atoms with Gasteiger partial charge in [-0.2, -0.15) is 0 Å². The first-order chi connectivity index (χ1) is 15.2. The number of hydrogen-bond donors (Lipinski definition) is 2. The number of aryl methyl sites for hydroxylation is 1. The first-order valence-electron chi connectivity index (χ1n) is 9.97. The lowest BCUT2D eigenvalue weighted by Crippen LogP contribution is -2.43. The SMILES string of the molecule is Cn1ccc(Oc2ccc(Nc3ncnc4ccc(N5CCNCC5)nc34)c(F)c2)n1. The van der Waals surface area contributed by atoms with Crippen LogP contribution in [0.5, 0.6) is 11.6 Å². The van der Waals surface area contributed by atoms with Crippen molar-refractivity contribution in [2.24, 2.45) is 7.05 Å². The van der Waals surface area contributed by atoms with Crippen LogP contribution in [-0.4, -0.2) is 50.9 Å². The smallest absolute Gasteiger partial charge is 0.238 e. The van der Waals surface area contributed by atoms with Crippen molar-refractivity contribution in [2.45, 2.75) is 0 Å². The minimum Gasteiger partial charge on any atom is -0.437 e. The first kappa shape index (κ1) is 19.2. The summed E-state index contributed by atoms with van der Waals surface area (Å²) in [6, 6.07) is 10.1. The van der Waals surface area contributed by atoms with Gasteiger partial charge in [0.15, 0.2) is 5.82 Å². The minimum atomic E-state index is -0.474. The quantitative estimate of drug-likeness (QED) is 0.509. The third-order valence-electron chi connectivity index (χ3n) is 5.01. The Bertz CT molecular complexity index is 1220. The lowest BCUT2D eigenvalue weighted by atomic mass is 10.2. The summed E-state index contributed by atoms with van der Waals surface area (Å²) < 4.78 is 22.0. The monoisotopic (exact) mass is 420 g/mol. The van der Waals surface area contributed by atoms with Gasteiger partial charge >= 0.3 is 0 Å². The molecule has 0 spiro atoms. The molecule has 1 aliphatic rings. The summed E-state index contributed by atoms with van der Waals surface area (Å²) in [6.07, 6.45) is 3.19. The number of hydrogen-bond acceptors (Lipinski definition) is 8. The van der Waals surface area contributed by atoms with Crippen molar-refractivity contribution < 1.29 is 9.13 Å². The maximum absolute atomic E-state index is 14.8. The topological polar surface area (TPSA) is 93.0 Å². The first-order valence-corrected chi connectivity index (χ1v) is 9.97. The third-order valence-corrected chi connectivity index (χ3v) is 5.01. The Morgan fingerprint density at radius 2 is 1.97 bits per heavy atom. The van der Waals surface area contributed by atoms with Crippen molar-refractivity contribution in [3.05, 3.63) is 54.7 Å². The number of pyridine rings is 1. The number of piperazine rings is 1. The maximum atomic E-state index is 14.8. The standard InChI is InChI=1S/C21H21FN8O/c1-29-9-6-19(28-29)31-14-2-3-16(15(22)12-14)26-21-20-17(24-13-25-21)4-5-18(27-20)30-10-7-23-8-11-30/h2-6,9,12-13,23H,7-8,10-11H2,1H3,(H,24,25,26). The van der Waals surface area contributed by atoms with E-state index in [2.05, 4.69) is 30.6 Å². The lowest BCUT2D eigenvalue weighted by Gasteiger charge is -2.28. The van der Waals surface area contributed by atoms with Gasteiger partial charge in [-0.25, -0.2) is 19.3 Å². The van der Waals surface area contributed by atoms with Gasteiger partial charge in [-0.15, -0.1) is 5.10 Å². The fourth-order valence-corrected chi connectivity index (χ4v) is 3.45. The van der Waals surface area contributed by atoms with Crippen molar-refractivity contribution in [1.29, 1.82) is 0 Å². The molecule has 5 rings (SSSR count). The Hall–Kier alpha value is -3.79. The van der Waals surface area contributed by atoms with E-state index >= 15 is 0 Å². The van der Waals surface area contributed by atoms with E-state index in [4.69, 9.17) is 9.72 Å². The van der Waals surface area contributed by atoms with E-state index in [9.17, 15) is 4.39 Å². The highest BCUT2D eigenvalue weighted by molar-refractivity contribution is 5.88. The fourth-order valence-electron chi connectivity index (χ4n) is 3.45. The van der Waals surface area contributed by atoms with E-state index in [1.165, 1.54) is 12.4 Å². The van der Waals surface area contributed by atoms with Gasteiger partial charge in [-0.3, -0.25) is 4.68 Å². The van der Waals surface area contributed by atoms with Crippen LogP contribution < -0.4 is 20.3 Å². The molecule has 2 N–H and O–H groups in total. The number of benzene rings is 1. The van der Waals surface area contributed by atoms with Crippen LogP contribution in [0.15, 0.2) is 48.9 Å². The summed E-state index contributed by atoms with van der Waals surface area (Å²) in [5.41, 5.74) is 1.54. The molecule has 3 aromatic heterocycles. The zero-order chi connectivity index (χ0) is 21.2. The molecule has 1 saturated heterocycles. The summed E-state index contributed by atoms with van der Waals surface area (Å²) in [4.78, 5) is 15.5. The average Bonchev–Trinajstić information content (AvgIpc) is 3.20. The molecule has 0 saturated carbocycles. The van der Waals surface area contributed by atoms with Crippen LogP contribution in [0.25, 0.3) is 11.0 Å². The van der Waals surface area contributed by atoms with Crippen molar-refractivity contribution in [3.8, 4) is 11.6 Å². The van der Waals surface area contributed by atoms with E-state index < -0.39 is 5.82 Å². The van der Waals surface area contributed by atoms with Crippen LogP contribution in [-0.2, 0) is 7.05 Å². The molecule has 1 aromatic carbocycles. The van der Waals surface area contributed by atoms with Gasteiger partial charge in [-0.05, 0) is 24.3 Å². The molecule has 0 bridgehead atoms. The van der Waals surface area contributed by atoms with E-state index in [1.807, 2.05) is 12.1 Å². The molecule has 0 amide bonds. The van der Waals surface area contributed by atoms with Crippen LogP contribution in [0, 0.1) is 5.82 Å². The van der Waals surface area contributed by atoms with Crippen molar-refractivity contribution in [1.82, 2.24) is 30.0 Å². The second-order valence-corrected chi connectivity index (χ2v) is 7.19. The van der Waals surface area contributed by atoms with Gasteiger partial charge in [0.1, 0.15) is 29.2 Å². The van der Waals surface area contributed by atoms with Crippen LogP contribution >= 0.6 is 0 Å². The normalized spacial score (nSPS) is 14.1. The van der Waals surface area contributed by atoms with Crippen molar-refractivity contribution in [3.63, 3.8) is 0 Å². The zero-order valence-electron chi connectivity index (χ0n) is 16.9. The Balaban J connectivity index is 1.41. The Morgan fingerprint density at radius 3 is 2.74 bits per heavy atom. The minimum absolute atomic E-state index is 0.266. The predicted molar refractivity (Wildman–Crippen MR) is 115 cm³/mol. The van der Waals surface area contributed by atoms with E-state index in [1.54, 1.807) is 36.1 Å². The zero-order valence-corrected chi connectivity index (χ0v) is 16.9. The largest absolute Gasteiger partial charge is 0.437 e. The number of aromatic nitrogens is 5. The summed E-state index contributed by atoms with van der Waals surface area (Å²) >= 11 is 0. The van der Waals surface area contributed by atoms with Gasteiger partial charge in [0.2, 0.25) is 5.88 Å². The molecule has 1 fully saturated rings. The van der Waals surface area contributed by atoms with Gasteiger partial charge in [-0.1, -0.05) is 0 Å². The predicted octanol–water partition coefficient (Wildman–Crippen LogP) is 2.84. The summed E-state index contributed by atoms with van der Waals surface area (Å²) in [5.74, 6) is 1.58. The summed E-state index contributed by atoms with van der Waals surface area (Å²) in [5, 5.41) is 10.5. The van der Waals surface area contributed by atoms with Crippen LogP contribution in [0.2, 0.25) is 0 Å². The van der Waals surface area contributed by atoms with Crippen LogP contribution in [0.4, 0.5) is 21.7 Å².